The average molecular weight is 392 g/mol. The van der Waals surface area contributed by atoms with Crippen LogP contribution in [0.4, 0.5) is 11.6 Å². The second-order valence-electron chi connectivity index (χ2n) is 4.59. The minimum atomic E-state index is -4.15. The molecular formula is C11H17N6O6PS. The second kappa shape index (κ2) is 9.25. The molecule has 0 aliphatic rings. The highest BCUT2D eigenvalue weighted by Crippen LogP contribution is 2.33. The van der Waals surface area contributed by atoms with E-state index in [1.54, 1.807) is 0 Å². The number of hydrogen-bond acceptors (Lipinski definition) is 8. The summed E-state index contributed by atoms with van der Waals surface area (Å²) in [5.74, 6) is 0.404. The van der Waals surface area contributed by atoms with Crippen LogP contribution in [0.2, 0.25) is 0 Å². The molecular weight excluding hydrogens is 375 g/mol. The number of aromatic amines is 2. The first-order valence-corrected chi connectivity index (χ1v) is 8.81. The lowest BCUT2D eigenvalue weighted by Crippen LogP contribution is -2.22. The second-order valence-corrected chi connectivity index (χ2v) is 6.59. The van der Waals surface area contributed by atoms with E-state index in [9.17, 15) is 14.2 Å². The largest absolute Gasteiger partial charge is 0.385 e. The van der Waals surface area contributed by atoms with Crippen LogP contribution in [0.25, 0.3) is 0 Å². The zero-order valence-electron chi connectivity index (χ0n) is 12.8. The van der Waals surface area contributed by atoms with Gasteiger partial charge < -0.3 is 31.0 Å². The molecule has 0 bridgehead atoms. The van der Waals surface area contributed by atoms with Gasteiger partial charge in [-0.15, -0.1) is 0 Å². The summed E-state index contributed by atoms with van der Waals surface area (Å²) in [4.78, 5) is 47.3. The summed E-state index contributed by atoms with van der Waals surface area (Å²) in [6, 6.07) is 2.39. The van der Waals surface area contributed by atoms with Gasteiger partial charge in [0.2, 0.25) is 0 Å². The molecule has 0 saturated carbocycles. The summed E-state index contributed by atoms with van der Waals surface area (Å²) in [5.41, 5.74) is 9.88. The van der Waals surface area contributed by atoms with E-state index in [1.165, 1.54) is 17.0 Å². The highest BCUT2D eigenvalue weighted by molar-refractivity contribution is 7.71. The molecule has 0 aromatic carbocycles. The van der Waals surface area contributed by atoms with Crippen LogP contribution in [-0.4, -0.2) is 42.3 Å². The Kier molecular flexibility index (Phi) is 7.67. The van der Waals surface area contributed by atoms with E-state index in [-0.39, 0.29) is 40.7 Å². The first-order chi connectivity index (χ1) is 11.6. The molecule has 0 aliphatic heterocycles. The average Bonchev–Trinajstić information content (AvgIpc) is 2.43. The predicted molar refractivity (Wildman–Crippen MR) is 92.4 cm³/mol. The zero-order chi connectivity index (χ0) is 19.0. The topological polar surface area (TPSA) is 202 Å². The molecule has 2 aromatic rings. The van der Waals surface area contributed by atoms with Crippen LogP contribution >= 0.6 is 19.8 Å². The number of ether oxygens (including phenoxy) is 1. The van der Waals surface area contributed by atoms with Crippen molar-refractivity contribution in [3.63, 3.8) is 0 Å². The molecule has 0 saturated heterocycles. The minimum Gasteiger partial charge on any atom is -0.385 e. The molecule has 2 rings (SSSR count). The first kappa shape index (κ1) is 20.7. The van der Waals surface area contributed by atoms with E-state index in [0.29, 0.717) is 0 Å². The van der Waals surface area contributed by atoms with Crippen molar-refractivity contribution in [1.29, 1.82) is 0 Å². The number of rotatable bonds is 5. The molecule has 2 aromatic heterocycles. The first-order valence-electron chi connectivity index (χ1n) is 6.60. The van der Waals surface area contributed by atoms with Gasteiger partial charge in [0.25, 0.3) is 11.1 Å². The van der Waals surface area contributed by atoms with E-state index in [4.69, 9.17) is 26.0 Å². The Balaban J connectivity index is 0.000000293. The third-order valence-corrected chi connectivity index (χ3v) is 3.14. The van der Waals surface area contributed by atoms with Crippen molar-refractivity contribution in [3.8, 4) is 0 Å². The van der Waals surface area contributed by atoms with Gasteiger partial charge in [-0.1, -0.05) is 0 Å². The molecule has 0 fully saturated rings. The number of nitrogens with two attached hydrogens (primary N) is 2. The van der Waals surface area contributed by atoms with E-state index in [2.05, 4.69) is 27.2 Å². The van der Waals surface area contributed by atoms with Gasteiger partial charge in [-0.2, -0.15) is 0 Å². The molecule has 0 atom stereocenters. The highest BCUT2D eigenvalue weighted by Gasteiger charge is 2.12. The molecule has 25 heavy (non-hydrogen) atoms. The minimum absolute atomic E-state index is 0.0105. The van der Waals surface area contributed by atoms with Crippen molar-refractivity contribution in [3.05, 3.63) is 43.9 Å². The molecule has 8 N–H and O–H groups in total. The Bertz CT molecular complexity index is 890. The summed E-state index contributed by atoms with van der Waals surface area (Å²) < 4.78 is 16.6. The van der Waals surface area contributed by atoms with Crippen LogP contribution in [0.15, 0.2) is 28.0 Å². The third-order valence-electron chi connectivity index (χ3n) is 2.42. The monoisotopic (exact) mass is 392 g/mol. The van der Waals surface area contributed by atoms with Crippen molar-refractivity contribution in [2.24, 2.45) is 0 Å². The van der Waals surface area contributed by atoms with Crippen molar-refractivity contribution in [1.82, 2.24) is 19.5 Å². The van der Waals surface area contributed by atoms with Crippen LogP contribution < -0.4 is 22.6 Å². The van der Waals surface area contributed by atoms with Crippen molar-refractivity contribution in [2.45, 2.75) is 6.54 Å². The van der Waals surface area contributed by atoms with Crippen molar-refractivity contribution < 1.29 is 19.1 Å². The van der Waals surface area contributed by atoms with Gasteiger partial charge in [0.15, 0.2) is 4.77 Å². The Morgan fingerprint density at radius 2 is 1.96 bits per heavy atom. The number of aromatic nitrogens is 4. The van der Waals surface area contributed by atoms with Crippen molar-refractivity contribution >= 4 is 31.4 Å². The molecule has 138 valence electrons. The van der Waals surface area contributed by atoms with Gasteiger partial charge in [-0.25, -0.2) is 4.98 Å². The summed E-state index contributed by atoms with van der Waals surface area (Å²) in [7, 11) is -4.15. The van der Waals surface area contributed by atoms with Crippen LogP contribution in [-0.2, 0) is 15.8 Å². The molecule has 0 aliphatic carbocycles. The molecule has 14 heteroatoms. The fraction of sp³-hybridized carbons (Fsp3) is 0.273. The van der Waals surface area contributed by atoms with Gasteiger partial charge in [0.1, 0.15) is 18.0 Å². The SMILES string of the molecule is Nc1cc(=O)[nH]c(=S)[nH]1.Nc1cc(=O)n(CCOCP(=O)(O)O)cn1. The molecule has 0 radical (unpaired) electrons. The van der Waals surface area contributed by atoms with E-state index in [1.807, 2.05) is 0 Å². The fourth-order valence-electron chi connectivity index (χ4n) is 1.44. The van der Waals surface area contributed by atoms with Gasteiger partial charge in [0.05, 0.1) is 19.5 Å². The van der Waals surface area contributed by atoms with Crippen molar-refractivity contribution in [2.75, 3.05) is 24.4 Å². The third kappa shape index (κ3) is 8.93. The summed E-state index contributed by atoms with van der Waals surface area (Å²) in [5, 5.41) is 0. The Labute approximate surface area is 145 Å². The van der Waals surface area contributed by atoms with Crippen LogP contribution in [0.3, 0.4) is 0 Å². The lowest BCUT2D eigenvalue weighted by atomic mass is 10.5. The number of H-pyrrole nitrogens is 2. The normalized spacial score (nSPS) is 10.8. The maximum absolute atomic E-state index is 11.3. The summed E-state index contributed by atoms with van der Waals surface area (Å²) >= 11 is 4.60. The number of anilines is 2. The fourth-order valence-corrected chi connectivity index (χ4v) is 2.03. The van der Waals surface area contributed by atoms with E-state index >= 15 is 0 Å². The highest BCUT2D eigenvalue weighted by atomic mass is 32.1. The quantitative estimate of drug-likeness (QED) is 0.208. The molecule has 2 heterocycles. The maximum Gasteiger partial charge on any atom is 0.350 e. The standard InChI is InChI=1S/C7H12N3O5P.C4H5N3OS/c8-6-3-7(11)10(4-9-6)1-2-15-5-16(12,13)14;5-2-1-3(8)7-4(9)6-2/h3-4H,1-2,5,8H2,(H2,12,13,14);1H,(H4,5,6,7,8,9). The zero-order valence-corrected chi connectivity index (χ0v) is 14.5. The summed E-state index contributed by atoms with van der Waals surface area (Å²) in [6.45, 7) is 0.169. The van der Waals surface area contributed by atoms with Crippen LogP contribution in [0, 0.1) is 4.77 Å². The van der Waals surface area contributed by atoms with E-state index < -0.39 is 13.9 Å². The molecule has 0 amide bonds. The maximum atomic E-state index is 11.3. The van der Waals surface area contributed by atoms with Gasteiger partial charge in [-0.3, -0.25) is 23.7 Å². The van der Waals surface area contributed by atoms with Gasteiger partial charge >= 0.3 is 7.60 Å². The Morgan fingerprint density at radius 1 is 1.28 bits per heavy atom. The number of nitrogen functional groups attached to an aromatic ring is 2. The van der Waals surface area contributed by atoms with Crippen LogP contribution in [0.5, 0.6) is 0 Å². The Morgan fingerprint density at radius 3 is 2.48 bits per heavy atom. The van der Waals surface area contributed by atoms with Gasteiger partial charge in [0, 0.05) is 12.1 Å². The number of hydrogen-bond donors (Lipinski definition) is 6. The molecule has 0 unspecified atom stereocenters. The Hall–Kier alpha value is -2.31. The number of nitrogens with zero attached hydrogens (tertiary/aromatic N) is 2. The number of nitrogens with one attached hydrogen (secondary N) is 2. The lowest BCUT2D eigenvalue weighted by Gasteiger charge is -2.07. The lowest BCUT2D eigenvalue weighted by molar-refractivity contribution is 0.148. The smallest absolute Gasteiger partial charge is 0.350 e. The van der Waals surface area contributed by atoms with E-state index in [0.717, 1.165) is 6.07 Å². The molecule has 0 spiro atoms. The molecule has 12 nitrogen and oxygen atoms in total. The van der Waals surface area contributed by atoms with Gasteiger partial charge in [-0.05, 0) is 12.2 Å². The predicted octanol–water partition coefficient (Wildman–Crippen LogP) is -1.01. The summed E-state index contributed by atoms with van der Waals surface area (Å²) in [6.07, 6.45) is 0.586. The van der Waals surface area contributed by atoms with Crippen LogP contribution in [0.1, 0.15) is 0 Å².